The topological polar surface area (TPSA) is 73.9 Å². The predicted octanol–water partition coefficient (Wildman–Crippen LogP) is 3.68. The van der Waals surface area contributed by atoms with E-state index in [1.165, 1.54) is 25.3 Å². The summed E-state index contributed by atoms with van der Waals surface area (Å²) in [4.78, 5) is 24.0. The molecule has 0 radical (unpaired) electrons. The van der Waals surface area contributed by atoms with Gasteiger partial charge in [-0.3, -0.25) is 4.79 Å². The highest BCUT2D eigenvalue weighted by Crippen LogP contribution is 2.28. The number of hydrogen-bond acceptors (Lipinski definition) is 5. The van der Waals surface area contributed by atoms with Crippen LogP contribution in [0.5, 0.6) is 11.5 Å². The van der Waals surface area contributed by atoms with Crippen LogP contribution in [0.3, 0.4) is 0 Å². The summed E-state index contributed by atoms with van der Waals surface area (Å²) in [7, 11) is 1.49. The van der Waals surface area contributed by atoms with Crippen LogP contribution in [-0.4, -0.2) is 32.2 Å². The summed E-state index contributed by atoms with van der Waals surface area (Å²) in [6.07, 6.45) is 0. The predicted molar refractivity (Wildman–Crippen MR) is 94.5 cm³/mol. The van der Waals surface area contributed by atoms with E-state index in [4.69, 9.17) is 25.8 Å². The van der Waals surface area contributed by atoms with Crippen molar-refractivity contribution in [3.05, 3.63) is 52.8 Å². The molecule has 26 heavy (non-hydrogen) atoms. The molecule has 0 saturated heterocycles. The molecule has 2 rings (SSSR count). The van der Waals surface area contributed by atoms with Crippen LogP contribution >= 0.6 is 11.6 Å². The Kier molecular flexibility index (Phi) is 6.80. The van der Waals surface area contributed by atoms with E-state index in [0.717, 1.165) is 12.1 Å². The minimum Gasteiger partial charge on any atom is -0.493 e. The lowest BCUT2D eigenvalue weighted by atomic mass is 10.2. The fraction of sp³-hybridized carbons (Fsp3) is 0.222. The fourth-order valence-electron chi connectivity index (χ4n) is 2.06. The van der Waals surface area contributed by atoms with Crippen molar-refractivity contribution in [3.63, 3.8) is 0 Å². The number of benzene rings is 2. The smallest absolute Gasteiger partial charge is 0.338 e. The molecular formula is C18H17ClFNO5. The summed E-state index contributed by atoms with van der Waals surface area (Å²) in [6, 6.07) is 8.07. The first-order chi connectivity index (χ1) is 12.4. The van der Waals surface area contributed by atoms with E-state index < -0.39 is 24.3 Å². The monoisotopic (exact) mass is 381 g/mol. The van der Waals surface area contributed by atoms with Gasteiger partial charge >= 0.3 is 5.97 Å². The largest absolute Gasteiger partial charge is 0.493 e. The number of carbonyl (C=O) groups is 2. The van der Waals surface area contributed by atoms with Crippen molar-refractivity contribution in [2.75, 3.05) is 25.6 Å². The minimum absolute atomic E-state index is 0.0428. The van der Waals surface area contributed by atoms with Crippen molar-refractivity contribution in [3.8, 4) is 11.5 Å². The number of nitrogens with one attached hydrogen (secondary N) is 1. The van der Waals surface area contributed by atoms with Crippen LogP contribution in [0.25, 0.3) is 0 Å². The highest BCUT2D eigenvalue weighted by atomic mass is 35.5. The average Bonchev–Trinajstić information content (AvgIpc) is 2.62. The third kappa shape index (κ3) is 5.10. The molecule has 1 amide bonds. The van der Waals surface area contributed by atoms with Gasteiger partial charge in [-0.05, 0) is 43.3 Å². The van der Waals surface area contributed by atoms with Crippen molar-refractivity contribution < 1.29 is 28.2 Å². The molecule has 0 aliphatic heterocycles. The van der Waals surface area contributed by atoms with Crippen LogP contribution in [0, 0.1) is 5.82 Å². The molecule has 2 aromatic rings. The highest BCUT2D eigenvalue weighted by Gasteiger charge is 2.14. The zero-order valence-electron chi connectivity index (χ0n) is 14.2. The lowest BCUT2D eigenvalue weighted by Crippen LogP contribution is -2.21. The van der Waals surface area contributed by atoms with E-state index in [9.17, 15) is 14.0 Å². The van der Waals surface area contributed by atoms with E-state index >= 15 is 0 Å². The van der Waals surface area contributed by atoms with Crippen molar-refractivity contribution in [1.29, 1.82) is 0 Å². The molecule has 8 heteroatoms. The second kappa shape index (κ2) is 9.05. The number of carbonyl (C=O) groups excluding carboxylic acids is 2. The molecule has 138 valence electrons. The van der Waals surface area contributed by atoms with Crippen molar-refractivity contribution in [2.24, 2.45) is 0 Å². The van der Waals surface area contributed by atoms with Gasteiger partial charge in [-0.2, -0.15) is 0 Å². The first-order valence-electron chi connectivity index (χ1n) is 7.67. The second-order valence-corrected chi connectivity index (χ2v) is 5.45. The summed E-state index contributed by atoms with van der Waals surface area (Å²) in [6.45, 7) is 1.67. The maximum Gasteiger partial charge on any atom is 0.338 e. The van der Waals surface area contributed by atoms with Gasteiger partial charge in [0, 0.05) is 0 Å². The average molecular weight is 382 g/mol. The summed E-state index contributed by atoms with van der Waals surface area (Å²) >= 11 is 5.82. The number of amides is 1. The van der Waals surface area contributed by atoms with Crippen LogP contribution < -0.4 is 14.8 Å². The third-order valence-corrected chi connectivity index (χ3v) is 3.55. The maximum atomic E-state index is 13.0. The number of ether oxygens (including phenoxy) is 3. The Morgan fingerprint density at radius 1 is 1.15 bits per heavy atom. The second-order valence-electron chi connectivity index (χ2n) is 5.05. The minimum atomic E-state index is -0.700. The number of hydrogen-bond donors (Lipinski definition) is 1. The fourth-order valence-corrected chi connectivity index (χ4v) is 2.28. The first kappa shape index (κ1) is 19.5. The number of methoxy groups -OCH3 is 1. The zero-order valence-corrected chi connectivity index (χ0v) is 14.9. The molecule has 0 aliphatic rings. The van der Waals surface area contributed by atoms with E-state index in [-0.39, 0.29) is 16.3 Å². The Morgan fingerprint density at radius 3 is 2.58 bits per heavy atom. The Balaban J connectivity index is 1.97. The van der Waals surface area contributed by atoms with Crippen molar-refractivity contribution in [1.82, 2.24) is 0 Å². The van der Waals surface area contributed by atoms with E-state index in [0.29, 0.717) is 18.1 Å². The number of anilines is 1. The summed E-state index contributed by atoms with van der Waals surface area (Å²) in [5.74, 6) is -0.956. The molecule has 0 aromatic heterocycles. The third-order valence-electron chi connectivity index (χ3n) is 3.24. The van der Waals surface area contributed by atoms with Gasteiger partial charge in [0.25, 0.3) is 5.91 Å². The van der Waals surface area contributed by atoms with Crippen LogP contribution in [0.2, 0.25) is 5.02 Å². The molecule has 0 aliphatic carbocycles. The van der Waals surface area contributed by atoms with Crippen molar-refractivity contribution >= 4 is 29.2 Å². The maximum absolute atomic E-state index is 13.0. The summed E-state index contributed by atoms with van der Waals surface area (Å²) in [5, 5.41) is 2.48. The lowest BCUT2D eigenvalue weighted by Gasteiger charge is -2.11. The number of halogens is 2. The van der Waals surface area contributed by atoms with Gasteiger partial charge in [-0.25, -0.2) is 9.18 Å². The molecule has 0 fully saturated rings. The molecule has 6 nitrogen and oxygen atoms in total. The molecule has 0 saturated carbocycles. The molecule has 0 spiro atoms. The zero-order chi connectivity index (χ0) is 19.1. The quantitative estimate of drug-likeness (QED) is 0.740. The van der Waals surface area contributed by atoms with Gasteiger partial charge in [-0.1, -0.05) is 11.6 Å². The Bertz CT molecular complexity index is 812. The normalized spacial score (nSPS) is 10.2. The molecule has 0 heterocycles. The van der Waals surface area contributed by atoms with E-state index in [1.807, 2.05) is 0 Å². The van der Waals surface area contributed by atoms with Gasteiger partial charge < -0.3 is 19.5 Å². The molecule has 0 atom stereocenters. The van der Waals surface area contributed by atoms with Gasteiger partial charge in [0.2, 0.25) is 0 Å². The standard InChI is InChI=1S/C18H17ClFNO5/c1-3-25-16-8-11(4-7-15(16)24-2)18(23)26-10-17(22)21-14-6-5-12(20)9-13(14)19/h4-9H,3,10H2,1-2H3,(H,21,22). The van der Waals surface area contributed by atoms with Gasteiger partial charge in [0.1, 0.15) is 5.82 Å². The highest BCUT2D eigenvalue weighted by molar-refractivity contribution is 6.33. The van der Waals surface area contributed by atoms with Crippen LogP contribution in [0.4, 0.5) is 10.1 Å². The molecule has 1 N–H and O–H groups in total. The molecular weight excluding hydrogens is 365 g/mol. The van der Waals surface area contributed by atoms with Crippen molar-refractivity contribution in [2.45, 2.75) is 6.92 Å². The Morgan fingerprint density at radius 2 is 1.92 bits per heavy atom. The molecule has 0 unspecified atom stereocenters. The Hall–Kier alpha value is -2.80. The Labute approximate surface area is 154 Å². The lowest BCUT2D eigenvalue weighted by molar-refractivity contribution is -0.119. The van der Waals surface area contributed by atoms with Crippen LogP contribution in [-0.2, 0) is 9.53 Å². The van der Waals surface area contributed by atoms with Gasteiger partial charge in [0.05, 0.1) is 30.0 Å². The van der Waals surface area contributed by atoms with Gasteiger partial charge in [0.15, 0.2) is 18.1 Å². The summed E-state index contributed by atoms with van der Waals surface area (Å²) in [5.41, 5.74) is 0.430. The first-order valence-corrected chi connectivity index (χ1v) is 8.05. The number of rotatable bonds is 7. The SMILES string of the molecule is CCOc1cc(C(=O)OCC(=O)Nc2ccc(F)cc2Cl)ccc1OC. The number of esters is 1. The van der Waals surface area contributed by atoms with Gasteiger partial charge in [-0.15, -0.1) is 0 Å². The molecule has 0 bridgehead atoms. The summed E-state index contributed by atoms with van der Waals surface area (Å²) < 4.78 is 28.5. The van der Waals surface area contributed by atoms with Crippen LogP contribution in [0.1, 0.15) is 17.3 Å². The molecule has 2 aromatic carbocycles. The van der Waals surface area contributed by atoms with E-state index in [1.54, 1.807) is 13.0 Å². The van der Waals surface area contributed by atoms with E-state index in [2.05, 4.69) is 5.32 Å². The van der Waals surface area contributed by atoms with Crippen LogP contribution in [0.15, 0.2) is 36.4 Å².